The van der Waals surface area contributed by atoms with Crippen LogP contribution in [0.5, 0.6) is 11.5 Å². The average Bonchev–Trinajstić information content (AvgIpc) is 2.80. The summed E-state index contributed by atoms with van der Waals surface area (Å²) in [7, 11) is 1.64. The van der Waals surface area contributed by atoms with Crippen molar-refractivity contribution >= 4 is 11.6 Å². The Kier molecular flexibility index (Phi) is 6.18. The van der Waals surface area contributed by atoms with E-state index in [-0.39, 0.29) is 11.9 Å². The highest BCUT2D eigenvalue weighted by Crippen LogP contribution is 2.35. The number of hydrogen-bond donors (Lipinski definition) is 1. The summed E-state index contributed by atoms with van der Waals surface area (Å²) in [5.41, 5.74) is 3.27. The molecule has 0 bridgehead atoms. The standard InChI is InChI=1S/C25H26N2O3/c1-29-22-13-11-19(12-14-22)16-26-25(28)15-21-18-30-24-10-6-5-9-23(24)27(21)17-20-7-3-2-4-8-20/h2-14,21H,15-18H2,1H3,(H,26,28)/t21-/m1/s1. The van der Waals surface area contributed by atoms with Crippen molar-refractivity contribution in [1.82, 2.24) is 5.32 Å². The molecule has 0 radical (unpaired) electrons. The SMILES string of the molecule is COc1ccc(CNC(=O)C[C@@H]2COc3ccccc3N2Cc2ccccc2)cc1. The van der Waals surface area contributed by atoms with Crippen LogP contribution in [0.4, 0.5) is 5.69 Å². The third-order valence-corrected chi connectivity index (χ3v) is 5.31. The van der Waals surface area contributed by atoms with Gasteiger partial charge in [-0.1, -0.05) is 54.6 Å². The fourth-order valence-electron chi connectivity index (χ4n) is 3.68. The molecule has 0 aromatic heterocycles. The maximum absolute atomic E-state index is 12.7. The molecule has 1 aliphatic heterocycles. The van der Waals surface area contributed by atoms with Crippen LogP contribution in [0, 0.1) is 0 Å². The van der Waals surface area contributed by atoms with Gasteiger partial charge in [0.05, 0.1) is 25.3 Å². The zero-order valence-electron chi connectivity index (χ0n) is 17.1. The molecule has 5 nitrogen and oxygen atoms in total. The lowest BCUT2D eigenvalue weighted by Gasteiger charge is -2.38. The Morgan fingerprint density at radius 2 is 1.73 bits per heavy atom. The van der Waals surface area contributed by atoms with Crippen LogP contribution in [0.2, 0.25) is 0 Å². The van der Waals surface area contributed by atoms with Gasteiger partial charge in [-0.25, -0.2) is 0 Å². The van der Waals surface area contributed by atoms with Gasteiger partial charge in [0, 0.05) is 13.1 Å². The van der Waals surface area contributed by atoms with Crippen LogP contribution in [0.25, 0.3) is 0 Å². The zero-order chi connectivity index (χ0) is 20.8. The Morgan fingerprint density at radius 1 is 1.00 bits per heavy atom. The van der Waals surface area contributed by atoms with E-state index in [4.69, 9.17) is 9.47 Å². The summed E-state index contributed by atoms with van der Waals surface area (Å²) in [5.74, 6) is 1.68. The van der Waals surface area contributed by atoms with Gasteiger partial charge in [0.15, 0.2) is 0 Å². The number of benzene rings is 3. The molecule has 3 aromatic carbocycles. The van der Waals surface area contributed by atoms with E-state index in [0.717, 1.165) is 29.3 Å². The van der Waals surface area contributed by atoms with E-state index in [0.29, 0.717) is 19.6 Å². The first-order valence-corrected chi connectivity index (χ1v) is 10.1. The van der Waals surface area contributed by atoms with E-state index < -0.39 is 0 Å². The Hall–Kier alpha value is -3.47. The van der Waals surface area contributed by atoms with Gasteiger partial charge >= 0.3 is 0 Å². The lowest BCUT2D eigenvalue weighted by atomic mass is 10.1. The number of fused-ring (bicyclic) bond motifs is 1. The zero-order valence-corrected chi connectivity index (χ0v) is 17.1. The Morgan fingerprint density at radius 3 is 2.50 bits per heavy atom. The van der Waals surface area contributed by atoms with Crippen LogP contribution < -0.4 is 19.7 Å². The van der Waals surface area contributed by atoms with E-state index in [1.54, 1.807) is 7.11 Å². The minimum atomic E-state index is -0.0315. The molecule has 0 fully saturated rings. The summed E-state index contributed by atoms with van der Waals surface area (Å²) in [6.07, 6.45) is 0.372. The van der Waals surface area contributed by atoms with Crippen molar-refractivity contribution in [2.45, 2.75) is 25.6 Å². The van der Waals surface area contributed by atoms with Crippen molar-refractivity contribution in [2.75, 3.05) is 18.6 Å². The van der Waals surface area contributed by atoms with E-state index in [1.807, 2.05) is 60.7 Å². The third kappa shape index (κ3) is 4.74. The average molecular weight is 402 g/mol. The number of amides is 1. The summed E-state index contributed by atoms with van der Waals surface area (Å²) < 4.78 is 11.1. The lowest BCUT2D eigenvalue weighted by Crippen LogP contribution is -2.45. The molecule has 1 aliphatic rings. The first-order chi connectivity index (χ1) is 14.7. The molecule has 4 rings (SSSR count). The molecule has 0 saturated carbocycles. The fourth-order valence-corrected chi connectivity index (χ4v) is 3.68. The van der Waals surface area contributed by atoms with Gasteiger partial charge in [-0.3, -0.25) is 4.79 Å². The molecule has 30 heavy (non-hydrogen) atoms. The molecule has 0 saturated heterocycles. The molecule has 1 atom stereocenters. The minimum Gasteiger partial charge on any atom is -0.497 e. The smallest absolute Gasteiger partial charge is 0.222 e. The predicted octanol–water partition coefficient (Wildman–Crippen LogP) is 4.17. The maximum Gasteiger partial charge on any atom is 0.222 e. The van der Waals surface area contributed by atoms with Gasteiger partial charge in [-0.05, 0) is 35.4 Å². The molecule has 1 N–H and O–H groups in total. The van der Waals surface area contributed by atoms with Gasteiger partial charge < -0.3 is 19.7 Å². The number of anilines is 1. The lowest BCUT2D eigenvalue weighted by molar-refractivity contribution is -0.121. The highest BCUT2D eigenvalue weighted by atomic mass is 16.5. The Labute approximate surface area is 177 Å². The second-order valence-corrected chi connectivity index (χ2v) is 7.37. The third-order valence-electron chi connectivity index (χ3n) is 5.31. The van der Waals surface area contributed by atoms with E-state index in [1.165, 1.54) is 5.56 Å². The second-order valence-electron chi connectivity index (χ2n) is 7.37. The molecule has 1 amide bonds. The number of carbonyl (C=O) groups excluding carboxylic acids is 1. The molecular weight excluding hydrogens is 376 g/mol. The van der Waals surface area contributed by atoms with Crippen LogP contribution in [-0.4, -0.2) is 25.7 Å². The molecule has 154 valence electrons. The molecule has 1 heterocycles. The second kappa shape index (κ2) is 9.35. The monoisotopic (exact) mass is 402 g/mol. The number of rotatable bonds is 7. The van der Waals surface area contributed by atoms with Gasteiger partial charge in [-0.15, -0.1) is 0 Å². The summed E-state index contributed by atoms with van der Waals surface area (Å²) in [4.78, 5) is 15.0. The molecule has 0 spiro atoms. The summed E-state index contributed by atoms with van der Waals surface area (Å²) >= 11 is 0. The number of nitrogens with zero attached hydrogens (tertiary/aromatic N) is 1. The Bertz CT molecular complexity index is 973. The van der Waals surface area contributed by atoms with Gasteiger partial charge in [-0.2, -0.15) is 0 Å². The first-order valence-electron chi connectivity index (χ1n) is 10.1. The van der Waals surface area contributed by atoms with Gasteiger partial charge in [0.2, 0.25) is 5.91 Å². The quantitative estimate of drug-likeness (QED) is 0.645. The number of nitrogens with one attached hydrogen (secondary N) is 1. The van der Waals surface area contributed by atoms with E-state index >= 15 is 0 Å². The topological polar surface area (TPSA) is 50.8 Å². The largest absolute Gasteiger partial charge is 0.497 e. The van der Waals surface area contributed by atoms with E-state index in [2.05, 4.69) is 28.4 Å². The molecule has 5 heteroatoms. The van der Waals surface area contributed by atoms with Crippen LogP contribution in [0.1, 0.15) is 17.5 Å². The number of carbonyl (C=O) groups is 1. The number of para-hydroxylation sites is 2. The molecule has 3 aromatic rings. The molecule has 0 aliphatic carbocycles. The fraction of sp³-hybridized carbons (Fsp3) is 0.240. The molecule has 0 unspecified atom stereocenters. The van der Waals surface area contributed by atoms with Gasteiger partial charge in [0.1, 0.15) is 18.1 Å². The van der Waals surface area contributed by atoms with Crippen molar-refractivity contribution < 1.29 is 14.3 Å². The highest BCUT2D eigenvalue weighted by molar-refractivity contribution is 5.77. The van der Waals surface area contributed by atoms with Crippen molar-refractivity contribution in [1.29, 1.82) is 0 Å². The summed E-state index contributed by atoms with van der Waals surface area (Å²) in [6.45, 7) is 1.71. The first kappa shape index (κ1) is 19.8. The van der Waals surface area contributed by atoms with Crippen molar-refractivity contribution in [2.24, 2.45) is 0 Å². The summed E-state index contributed by atoms with van der Waals surface area (Å²) in [5, 5.41) is 3.03. The number of hydrogen-bond acceptors (Lipinski definition) is 4. The van der Waals surface area contributed by atoms with E-state index in [9.17, 15) is 4.79 Å². The number of ether oxygens (including phenoxy) is 2. The predicted molar refractivity (Wildman–Crippen MR) is 118 cm³/mol. The van der Waals surface area contributed by atoms with Gasteiger partial charge in [0.25, 0.3) is 0 Å². The van der Waals surface area contributed by atoms with Crippen LogP contribution in [0.15, 0.2) is 78.9 Å². The highest BCUT2D eigenvalue weighted by Gasteiger charge is 2.29. The summed E-state index contributed by atoms with van der Waals surface area (Å²) in [6, 6.07) is 26.0. The Balaban J connectivity index is 1.43. The van der Waals surface area contributed by atoms with Crippen LogP contribution in [0.3, 0.4) is 0 Å². The maximum atomic E-state index is 12.7. The van der Waals surface area contributed by atoms with Crippen LogP contribution in [-0.2, 0) is 17.9 Å². The normalized spacial score (nSPS) is 15.1. The minimum absolute atomic E-state index is 0.0110. The van der Waals surface area contributed by atoms with Crippen molar-refractivity contribution in [3.63, 3.8) is 0 Å². The molecular formula is C25H26N2O3. The van der Waals surface area contributed by atoms with Crippen molar-refractivity contribution in [3.8, 4) is 11.5 Å². The van der Waals surface area contributed by atoms with Crippen LogP contribution >= 0.6 is 0 Å². The van der Waals surface area contributed by atoms with Crippen molar-refractivity contribution in [3.05, 3.63) is 90.0 Å². The number of methoxy groups -OCH3 is 1.